The molecule has 4 aromatic rings. The average molecular weight is 966 g/mol. The molecule has 2 aliphatic rings. The third-order valence-electron chi connectivity index (χ3n) is 15.0. The molecule has 4 aromatic carbocycles. The van der Waals surface area contributed by atoms with Gasteiger partial charge in [0.2, 0.25) is 0 Å². The van der Waals surface area contributed by atoms with E-state index in [2.05, 4.69) is 57.4 Å². The van der Waals surface area contributed by atoms with E-state index in [0.717, 1.165) is 29.7 Å². The Morgan fingerprint density at radius 2 is 1.23 bits per heavy atom. The summed E-state index contributed by atoms with van der Waals surface area (Å²) >= 11 is 0. The van der Waals surface area contributed by atoms with Gasteiger partial charge in [0.15, 0.2) is 12.4 Å². The van der Waals surface area contributed by atoms with Gasteiger partial charge in [0.25, 0.3) is 0 Å². The van der Waals surface area contributed by atoms with Crippen molar-refractivity contribution >= 4 is 11.7 Å². The van der Waals surface area contributed by atoms with E-state index < -0.39 is 77.7 Å². The van der Waals surface area contributed by atoms with E-state index in [-0.39, 0.29) is 31.8 Å². The number of carbonyl (C=O) groups is 1. The smallest absolute Gasteiger partial charge is 0.311 e. The molecule has 0 aromatic heterocycles. The molecule has 0 bridgehead atoms. The Hall–Kier alpha value is -4.50. The van der Waals surface area contributed by atoms with Crippen LogP contribution in [0.25, 0.3) is 0 Å². The quantitative estimate of drug-likeness (QED) is 0.0635. The van der Waals surface area contributed by atoms with Gasteiger partial charge in [0, 0.05) is 36.8 Å². The second-order valence-electron chi connectivity index (χ2n) is 21.0. The number of rotatable bonds is 16. The first kappa shape index (κ1) is 54.8. The normalized spacial score (nSPS) is 33.3. The summed E-state index contributed by atoms with van der Waals surface area (Å²) in [5.41, 5.74) is 1.60. The molecule has 0 radical (unpaired) electrons. The van der Waals surface area contributed by atoms with Gasteiger partial charge < -0.3 is 48.0 Å². The zero-order valence-electron chi connectivity index (χ0n) is 43.5. The lowest BCUT2D eigenvalue weighted by Gasteiger charge is -2.51. The zero-order valence-corrected chi connectivity index (χ0v) is 43.5. The molecule has 0 unspecified atom stereocenters. The van der Waals surface area contributed by atoms with Crippen molar-refractivity contribution in [1.29, 1.82) is 0 Å². The maximum absolute atomic E-state index is 14.7. The molecule has 14 atom stereocenters. The second-order valence-corrected chi connectivity index (χ2v) is 21.0. The number of benzene rings is 4. The lowest BCUT2D eigenvalue weighted by Crippen LogP contribution is -2.64. The topological polar surface area (TPSA) is 135 Å². The van der Waals surface area contributed by atoms with Crippen LogP contribution in [0.3, 0.4) is 0 Å². The molecule has 12 nitrogen and oxygen atoms in total. The third-order valence-corrected chi connectivity index (χ3v) is 15.0. The van der Waals surface area contributed by atoms with E-state index in [0.29, 0.717) is 23.2 Å². The maximum atomic E-state index is 14.7. The lowest BCUT2D eigenvalue weighted by molar-refractivity contribution is -0.934. The molecule has 2 saturated heterocycles. The number of cyclic esters (lactones) is 1. The predicted octanol–water partition coefficient (Wildman–Crippen LogP) is 9.68. The Morgan fingerprint density at radius 3 is 1.74 bits per heavy atom. The van der Waals surface area contributed by atoms with E-state index in [4.69, 9.17) is 38.4 Å². The van der Waals surface area contributed by atoms with E-state index in [9.17, 15) is 15.0 Å². The van der Waals surface area contributed by atoms with Crippen molar-refractivity contribution in [2.75, 3.05) is 21.2 Å². The van der Waals surface area contributed by atoms with Gasteiger partial charge in [-0.15, -0.1) is 0 Å². The number of carbonyl (C=O) groups excluding carboxylic acids is 1. The van der Waals surface area contributed by atoms with Crippen LogP contribution in [0.5, 0.6) is 0 Å². The fraction of sp³-hybridized carbons (Fsp3) is 0.552. The van der Waals surface area contributed by atoms with Crippen molar-refractivity contribution in [3.63, 3.8) is 0 Å². The number of ether oxygens (including phenoxy) is 6. The molecule has 12 heteroatoms. The summed E-state index contributed by atoms with van der Waals surface area (Å²) in [6, 6.07) is 40.1. The summed E-state index contributed by atoms with van der Waals surface area (Å²) in [6.07, 6.45) is -4.46. The first-order valence-corrected chi connectivity index (χ1v) is 25.3. The standard InChI is InChI=1S/C58H81N2O10/c1-12-49-58(8,63)53(61)41(4)50(59-67-38-47-31-23-16-24-32-47)39(2)34-57(7,64-11)54(42(5)51(43(6)55(62)69-49)65-36-45-27-19-14-20-28-45)70-56-52(66-37-46-29-21-15-22-30-46)48(33-40(3)68-56)60(9,10)35-44-25-17-13-18-26-44/h13-32,39-43,48-49,51-54,56,61,63H,12,33-38H2,1-11H3/q+1/b59-50+/t39-,40-,41+,42+,43-,48+,49-,51+,52-,53-,54-,56+,57-,58-/m1/s1. The number of quaternary nitrogens is 1. The van der Waals surface area contributed by atoms with Crippen LogP contribution in [0.2, 0.25) is 0 Å². The first-order chi connectivity index (χ1) is 33.4. The van der Waals surface area contributed by atoms with Crippen LogP contribution >= 0.6 is 0 Å². The summed E-state index contributed by atoms with van der Waals surface area (Å²) in [5.74, 6) is -3.15. The van der Waals surface area contributed by atoms with E-state index in [1.165, 1.54) is 12.5 Å². The minimum Gasteiger partial charge on any atom is -0.459 e. The number of oxime groups is 1. The second kappa shape index (κ2) is 24.8. The maximum Gasteiger partial charge on any atom is 0.311 e. The van der Waals surface area contributed by atoms with Crippen molar-refractivity contribution in [3.05, 3.63) is 144 Å². The number of aliphatic hydroxyl groups excluding tert-OH is 1. The van der Waals surface area contributed by atoms with Crippen molar-refractivity contribution in [1.82, 2.24) is 0 Å². The van der Waals surface area contributed by atoms with Crippen LogP contribution in [0.15, 0.2) is 126 Å². The monoisotopic (exact) mass is 966 g/mol. The highest BCUT2D eigenvalue weighted by atomic mass is 16.7. The molecular formula is C58H81N2O10+. The average Bonchev–Trinajstić information content (AvgIpc) is 3.35. The molecular weight excluding hydrogens is 885 g/mol. The Kier molecular flexibility index (Phi) is 19.4. The molecule has 2 heterocycles. The highest BCUT2D eigenvalue weighted by Crippen LogP contribution is 2.42. The highest BCUT2D eigenvalue weighted by Gasteiger charge is 2.54. The van der Waals surface area contributed by atoms with Gasteiger partial charge in [-0.25, -0.2) is 0 Å². The van der Waals surface area contributed by atoms with Crippen LogP contribution in [0.1, 0.15) is 96.9 Å². The first-order valence-electron chi connectivity index (χ1n) is 25.3. The molecule has 0 aliphatic carbocycles. The van der Waals surface area contributed by atoms with Crippen molar-refractivity contribution in [2.24, 2.45) is 28.8 Å². The summed E-state index contributed by atoms with van der Waals surface area (Å²) < 4.78 is 42.1. The van der Waals surface area contributed by atoms with Gasteiger partial charge in [-0.05, 0) is 57.2 Å². The summed E-state index contributed by atoms with van der Waals surface area (Å²) in [5, 5.41) is 29.2. The third kappa shape index (κ3) is 13.7. The van der Waals surface area contributed by atoms with E-state index >= 15 is 0 Å². The highest BCUT2D eigenvalue weighted by molar-refractivity contribution is 5.88. The number of nitrogens with zero attached hydrogens (tertiary/aromatic N) is 2. The predicted molar refractivity (Wildman–Crippen MR) is 272 cm³/mol. The number of likely N-dealkylation sites (N-methyl/N-ethyl adjacent to an activating group) is 1. The van der Waals surface area contributed by atoms with Crippen LogP contribution < -0.4 is 0 Å². The summed E-state index contributed by atoms with van der Waals surface area (Å²) in [4.78, 5) is 20.8. The van der Waals surface area contributed by atoms with E-state index in [1.807, 2.05) is 120 Å². The molecule has 2 N–H and O–H groups in total. The van der Waals surface area contributed by atoms with Crippen molar-refractivity contribution in [3.8, 4) is 0 Å². The molecule has 70 heavy (non-hydrogen) atoms. The van der Waals surface area contributed by atoms with Crippen LogP contribution in [0, 0.1) is 23.7 Å². The number of methoxy groups -OCH3 is 1. The Balaban J connectivity index is 1.48. The molecule has 0 amide bonds. The number of hydrogen-bond acceptors (Lipinski definition) is 11. The van der Waals surface area contributed by atoms with Gasteiger partial charge in [-0.2, -0.15) is 0 Å². The molecule has 2 aliphatic heterocycles. The number of hydrogen-bond donors (Lipinski definition) is 2. The zero-order chi connectivity index (χ0) is 50.6. The van der Waals surface area contributed by atoms with Gasteiger partial charge in [0.1, 0.15) is 30.9 Å². The Labute approximate surface area is 417 Å². The summed E-state index contributed by atoms with van der Waals surface area (Å²) in [6.45, 7) is 16.6. The van der Waals surface area contributed by atoms with Gasteiger partial charge >= 0.3 is 5.97 Å². The largest absolute Gasteiger partial charge is 0.459 e. The van der Waals surface area contributed by atoms with Gasteiger partial charge in [-0.1, -0.05) is 154 Å². The molecule has 2 fully saturated rings. The fourth-order valence-electron chi connectivity index (χ4n) is 10.9. The number of esters is 1. The van der Waals surface area contributed by atoms with Crippen LogP contribution in [-0.2, 0) is 64.4 Å². The van der Waals surface area contributed by atoms with Gasteiger partial charge in [0.05, 0.1) is 69.0 Å². The summed E-state index contributed by atoms with van der Waals surface area (Å²) in [7, 11) is 6.16. The molecule has 0 spiro atoms. The lowest BCUT2D eigenvalue weighted by atomic mass is 9.73. The van der Waals surface area contributed by atoms with Crippen LogP contribution in [0.4, 0.5) is 0 Å². The SMILES string of the molecule is CC[C@H]1OC(=O)[C@H](C)[C@@H](OCc2ccccc2)[C@H](C)[C@@H](O[C@@H]2O[C@H](C)C[C@H]([N+](C)(C)Cc3ccccc3)[C@H]2OCc2ccccc2)[C@](C)(OC)C[C@@H](C)/C(=N\OCc2ccccc2)[C@H](C)[C@@H](O)[C@]1(C)O. The molecule has 0 saturated carbocycles. The minimum absolute atomic E-state index is 0.0696. The fourth-order valence-corrected chi connectivity index (χ4v) is 10.9. The Bertz CT molecular complexity index is 2210. The van der Waals surface area contributed by atoms with Gasteiger partial charge in [-0.3, -0.25) is 4.79 Å². The van der Waals surface area contributed by atoms with Crippen molar-refractivity contribution < 1.29 is 52.7 Å². The minimum atomic E-state index is -1.87. The van der Waals surface area contributed by atoms with E-state index in [1.54, 1.807) is 14.0 Å². The van der Waals surface area contributed by atoms with Crippen LogP contribution in [-0.4, -0.2) is 108 Å². The Morgan fingerprint density at radius 1 is 0.729 bits per heavy atom. The molecule has 6 rings (SSSR count). The molecule has 382 valence electrons. The van der Waals surface area contributed by atoms with Crippen molar-refractivity contribution in [2.45, 2.75) is 161 Å². The number of aliphatic hydroxyl groups is 2.